The Kier molecular flexibility index (Phi) is 3.34. The molecule has 88 valence electrons. The third-order valence-electron chi connectivity index (χ3n) is 3.48. The fourth-order valence-electron chi connectivity index (χ4n) is 2.39. The molecule has 0 bridgehead atoms. The molecule has 1 aliphatic rings. The lowest BCUT2D eigenvalue weighted by Crippen LogP contribution is -2.13. The van der Waals surface area contributed by atoms with Gasteiger partial charge in [-0.2, -0.15) is 0 Å². The van der Waals surface area contributed by atoms with Gasteiger partial charge in [0, 0.05) is 0 Å². The van der Waals surface area contributed by atoms with E-state index in [1.165, 1.54) is 37.1 Å². The number of rotatable bonds is 2. The summed E-state index contributed by atoms with van der Waals surface area (Å²) in [7, 11) is 0. The summed E-state index contributed by atoms with van der Waals surface area (Å²) in [6.07, 6.45) is 2.57. The van der Waals surface area contributed by atoms with Gasteiger partial charge in [-0.1, -0.05) is 45.0 Å². The molecule has 0 amide bonds. The number of nitrogens with one attached hydrogen (secondary N) is 1. The normalized spacial score (nSPS) is 21.3. The molecule has 0 aromatic heterocycles. The maximum Gasteiger partial charge on any atom is -0.00169 e. The zero-order valence-electron chi connectivity index (χ0n) is 10.7. The second kappa shape index (κ2) is 4.58. The Labute approximate surface area is 99.3 Å². The summed E-state index contributed by atoms with van der Waals surface area (Å²) in [4.78, 5) is 0. The lowest BCUT2D eigenvalue weighted by molar-refractivity contribution is 0.570. The molecule has 0 aliphatic carbocycles. The van der Waals surface area contributed by atoms with Crippen LogP contribution < -0.4 is 5.32 Å². The van der Waals surface area contributed by atoms with E-state index in [9.17, 15) is 0 Å². The van der Waals surface area contributed by atoms with Crippen molar-refractivity contribution in [2.75, 3.05) is 13.1 Å². The molecule has 1 unspecified atom stereocenters. The summed E-state index contributed by atoms with van der Waals surface area (Å²) in [5.41, 5.74) is 3.22. The predicted molar refractivity (Wildman–Crippen MR) is 69.8 cm³/mol. The van der Waals surface area contributed by atoms with E-state index in [4.69, 9.17) is 0 Å². The van der Waals surface area contributed by atoms with Gasteiger partial charge >= 0.3 is 0 Å². The fraction of sp³-hybridized carbons (Fsp3) is 0.600. The van der Waals surface area contributed by atoms with Crippen molar-refractivity contribution in [2.45, 2.75) is 39.0 Å². The SMILES string of the molecule is CC(C)(C)c1cccc(CC2CCNC2)c1. The molecule has 16 heavy (non-hydrogen) atoms. The van der Waals surface area contributed by atoms with E-state index < -0.39 is 0 Å². The zero-order chi connectivity index (χ0) is 11.6. The van der Waals surface area contributed by atoms with Crippen LogP contribution in [0.15, 0.2) is 24.3 Å². The third-order valence-corrected chi connectivity index (χ3v) is 3.48. The molecule has 1 heteroatoms. The van der Waals surface area contributed by atoms with Crippen molar-refractivity contribution in [3.8, 4) is 0 Å². The smallest absolute Gasteiger partial charge is 0.00169 e. The van der Waals surface area contributed by atoms with Gasteiger partial charge in [0.2, 0.25) is 0 Å². The molecule has 1 aliphatic heterocycles. The van der Waals surface area contributed by atoms with Gasteiger partial charge in [-0.3, -0.25) is 0 Å². The van der Waals surface area contributed by atoms with Crippen LogP contribution in [0.4, 0.5) is 0 Å². The molecule has 1 N–H and O–H groups in total. The molecule has 1 saturated heterocycles. The highest BCUT2D eigenvalue weighted by Gasteiger charge is 2.17. The van der Waals surface area contributed by atoms with Gasteiger partial charge in [0.25, 0.3) is 0 Å². The lowest BCUT2D eigenvalue weighted by atomic mass is 9.85. The minimum Gasteiger partial charge on any atom is -0.316 e. The van der Waals surface area contributed by atoms with Crippen LogP contribution in [-0.4, -0.2) is 13.1 Å². The van der Waals surface area contributed by atoms with E-state index >= 15 is 0 Å². The van der Waals surface area contributed by atoms with Crippen molar-refractivity contribution in [1.82, 2.24) is 5.32 Å². The van der Waals surface area contributed by atoms with Crippen molar-refractivity contribution in [2.24, 2.45) is 5.92 Å². The van der Waals surface area contributed by atoms with Gasteiger partial charge < -0.3 is 5.32 Å². The molecule has 2 rings (SSSR count). The largest absolute Gasteiger partial charge is 0.316 e. The molecule has 1 heterocycles. The van der Waals surface area contributed by atoms with Crippen LogP contribution in [-0.2, 0) is 11.8 Å². The third kappa shape index (κ3) is 2.85. The molecule has 1 aromatic carbocycles. The van der Waals surface area contributed by atoms with E-state index in [0.717, 1.165) is 5.92 Å². The quantitative estimate of drug-likeness (QED) is 0.802. The Morgan fingerprint density at radius 1 is 1.31 bits per heavy atom. The first-order chi connectivity index (χ1) is 7.55. The molecule has 1 aromatic rings. The fourth-order valence-corrected chi connectivity index (χ4v) is 2.39. The van der Waals surface area contributed by atoms with Crippen molar-refractivity contribution in [3.63, 3.8) is 0 Å². The first-order valence-electron chi connectivity index (χ1n) is 6.36. The van der Waals surface area contributed by atoms with Crippen LogP contribution >= 0.6 is 0 Å². The van der Waals surface area contributed by atoms with E-state index in [1.807, 2.05) is 0 Å². The van der Waals surface area contributed by atoms with Crippen molar-refractivity contribution >= 4 is 0 Å². The lowest BCUT2D eigenvalue weighted by Gasteiger charge is -2.20. The molecule has 0 radical (unpaired) electrons. The van der Waals surface area contributed by atoms with Crippen molar-refractivity contribution < 1.29 is 0 Å². The summed E-state index contributed by atoms with van der Waals surface area (Å²) in [6.45, 7) is 9.24. The average Bonchev–Trinajstić information content (AvgIpc) is 2.70. The molecule has 0 saturated carbocycles. The highest BCUT2D eigenvalue weighted by Crippen LogP contribution is 2.24. The molecular weight excluding hydrogens is 194 g/mol. The Morgan fingerprint density at radius 2 is 2.12 bits per heavy atom. The summed E-state index contributed by atoms with van der Waals surface area (Å²) in [5, 5.41) is 3.44. The van der Waals surface area contributed by atoms with E-state index in [1.54, 1.807) is 0 Å². The van der Waals surface area contributed by atoms with Crippen LogP contribution in [0.2, 0.25) is 0 Å². The molecule has 1 fully saturated rings. The summed E-state index contributed by atoms with van der Waals surface area (Å²) < 4.78 is 0. The summed E-state index contributed by atoms with van der Waals surface area (Å²) in [6, 6.07) is 9.11. The summed E-state index contributed by atoms with van der Waals surface area (Å²) in [5.74, 6) is 0.843. The van der Waals surface area contributed by atoms with Gasteiger partial charge in [-0.25, -0.2) is 0 Å². The van der Waals surface area contributed by atoms with E-state index in [0.29, 0.717) is 0 Å². The Balaban J connectivity index is 2.09. The maximum absolute atomic E-state index is 3.44. The average molecular weight is 217 g/mol. The minimum atomic E-state index is 0.268. The number of hydrogen-bond donors (Lipinski definition) is 1. The second-order valence-corrected chi connectivity index (χ2v) is 6.01. The first-order valence-corrected chi connectivity index (χ1v) is 6.36. The van der Waals surface area contributed by atoms with Gasteiger partial charge in [-0.05, 0) is 48.4 Å². The zero-order valence-corrected chi connectivity index (χ0v) is 10.7. The van der Waals surface area contributed by atoms with Crippen LogP contribution in [0, 0.1) is 5.92 Å². The minimum absolute atomic E-state index is 0.268. The van der Waals surface area contributed by atoms with Crippen molar-refractivity contribution in [3.05, 3.63) is 35.4 Å². The van der Waals surface area contributed by atoms with Gasteiger partial charge in [0.15, 0.2) is 0 Å². The topological polar surface area (TPSA) is 12.0 Å². The van der Waals surface area contributed by atoms with E-state index in [2.05, 4.69) is 50.4 Å². The number of benzene rings is 1. The molecular formula is C15H23N. The highest BCUT2D eigenvalue weighted by molar-refractivity contribution is 5.29. The maximum atomic E-state index is 3.44. The Morgan fingerprint density at radius 3 is 2.75 bits per heavy atom. The van der Waals surface area contributed by atoms with Gasteiger partial charge in [0.05, 0.1) is 0 Å². The monoisotopic (exact) mass is 217 g/mol. The van der Waals surface area contributed by atoms with Gasteiger partial charge in [-0.15, -0.1) is 0 Å². The standard InChI is InChI=1S/C15H23N/c1-15(2,3)14-6-4-5-12(10-14)9-13-7-8-16-11-13/h4-6,10,13,16H,7-9,11H2,1-3H3. The first kappa shape index (κ1) is 11.7. The molecule has 1 atom stereocenters. The van der Waals surface area contributed by atoms with Crippen LogP contribution in [0.3, 0.4) is 0 Å². The van der Waals surface area contributed by atoms with Gasteiger partial charge in [0.1, 0.15) is 0 Å². The Hall–Kier alpha value is -0.820. The van der Waals surface area contributed by atoms with Crippen LogP contribution in [0.1, 0.15) is 38.3 Å². The number of hydrogen-bond acceptors (Lipinski definition) is 1. The van der Waals surface area contributed by atoms with Crippen LogP contribution in [0.25, 0.3) is 0 Å². The van der Waals surface area contributed by atoms with Crippen LogP contribution in [0.5, 0.6) is 0 Å². The Bertz CT molecular complexity index is 343. The molecule has 0 spiro atoms. The molecule has 1 nitrogen and oxygen atoms in total. The highest BCUT2D eigenvalue weighted by atomic mass is 14.9. The summed E-state index contributed by atoms with van der Waals surface area (Å²) >= 11 is 0. The second-order valence-electron chi connectivity index (χ2n) is 6.01. The van der Waals surface area contributed by atoms with E-state index in [-0.39, 0.29) is 5.41 Å². The van der Waals surface area contributed by atoms with Crippen molar-refractivity contribution in [1.29, 1.82) is 0 Å². The predicted octanol–water partition coefficient (Wildman–Crippen LogP) is 3.14.